The number of rotatable bonds is 8. The van der Waals surface area contributed by atoms with Gasteiger partial charge in [0.05, 0.1) is 0 Å². The van der Waals surface area contributed by atoms with E-state index in [0.29, 0.717) is 0 Å². The molecule has 1 aromatic rings. The second-order valence-electron chi connectivity index (χ2n) is 4.82. The van der Waals surface area contributed by atoms with Crippen LogP contribution in [0.3, 0.4) is 0 Å². The summed E-state index contributed by atoms with van der Waals surface area (Å²) in [4.78, 5) is 2.54. The van der Waals surface area contributed by atoms with Crippen molar-refractivity contribution in [2.75, 3.05) is 25.6 Å². The van der Waals surface area contributed by atoms with Crippen LogP contribution in [0, 0.1) is 0 Å². The normalized spacial score (nSPS) is 15.7. The van der Waals surface area contributed by atoms with Crippen LogP contribution in [0.15, 0.2) is 30.3 Å². The third kappa shape index (κ3) is 4.18. The SMILES string of the molecule is ClCCCN(CCOc1ccccc1)C1CCC1. The van der Waals surface area contributed by atoms with Gasteiger partial charge in [0.25, 0.3) is 0 Å². The molecule has 1 fully saturated rings. The van der Waals surface area contributed by atoms with E-state index in [9.17, 15) is 0 Å². The van der Waals surface area contributed by atoms with E-state index < -0.39 is 0 Å². The molecule has 100 valence electrons. The summed E-state index contributed by atoms with van der Waals surface area (Å²) < 4.78 is 5.76. The molecule has 0 amide bonds. The van der Waals surface area contributed by atoms with Crippen LogP contribution in [-0.4, -0.2) is 36.5 Å². The van der Waals surface area contributed by atoms with Crippen LogP contribution in [0.2, 0.25) is 0 Å². The minimum absolute atomic E-state index is 0.753. The molecule has 0 aliphatic heterocycles. The lowest BCUT2D eigenvalue weighted by molar-refractivity contribution is 0.107. The van der Waals surface area contributed by atoms with Crippen LogP contribution in [-0.2, 0) is 0 Å². The van der Waals surface area contributed by atoms with E-state index >= 15 is 0 Å². The Morgan fingerprint density at radius 1 is 1.17 bits per heavy atom. The van der Waals surface area contributed by atoms with Crippen molar-refractivity contribution in [1.29, 1.82) is 0 Å². The number of para-hydroxylation sites is 1. The smallest absolute Gasteiger partial charge is 0.119 e. The van der Waals surface area contributed by atoms with Crippen LogP contribution in [0.25, 0.3) is 0 Å². The van der Waals surface area contributed by atoms with Crippen molar-refractivity contribution in [3.63, 3.8) is 0 Å². The molecule has 0 spiro atoms. The van der Waals surface area contributed by atoms with Gasteiger partial charge in [-0.15, -0.1) is 11.6 Å². The molecule has 2 rings (SSSR count). The standard InChI is InChI=1S/C15H22ClNO/c16-10-5-11-17(14-6-4-7-14)12-13-18-15-8-2-1-3-9-15/h1-3,8-9,14H,4-7,10-13H2. The number of halogens is 1. The molecule has 3 heteroatoms. The maximum Gasteiger partial charge on any atom is 0.119 e. The fourth-order valence-electron chi connectivity index (χ4n) is 2.29. The number of nitrogens with zero attached hydrogens (tertiary/aromatic N) is 1. The average Bonchev–Trinajstić information content (AvgIpc) is 2.35. The quantitative estimate of drug-likeness (QED) is 0.668. The summed E-state index contributed by atoms with van der Waals surface area (Å²) in [5.74, 6) is 1.71. The van der Waals surface area contributed by atoms with Crippen molar-refractivity contribution in [2.24, 2.45) is 0 Å². The van der Waals surface area contributed by atoms with Crippen molar-refractivity contribution in [1.82, 2.24) is 4.90 Å². The second kappa shape index (κ2) is 7.65. The number of alkyl halides is 1. The van der Waals surface area contributed by atoms with E-state index in [-0.39, 0.29) is 0 Å². The monoisotopic (exact) mass is 267 g/mol. The molecular formula is C15H22ClNO. The summed E-state index contributed by atoms with van der Waals surface area (Å²) in [6, 6.07) is 10.8. The van der Waals surface area contributed by atoms with Gasteiger partial charge < -0.3 is 4.74 Å². The molecule has 0 N–H and O–H groups in total. The third-order valence-electron chi connectivity index (χ3n) is 3.56. The predicted molar refractivity (Wildman–Crippen MR) is 76.5 cm³/mol. The summed E-state index contributed by atoms with van der Waals surface area (Å²) in [5.41, 5.74) is 0. The van der Waals surface area contributed by atoms with Gasteiger partial charge in [0, 0.05) is 18.5 Å². The highest BCUT2D eigenvalue weighted by Crippen LogP contribution is 2.24. The summed E-state index contributed by atoms with van der Waals surface area (Å²) in [5, 5.41) is 0. The molecule has 1 aromatic carbocycles. The maximum absolute atomic E-state index is 5.78. The highest BCUT2D eigenvalue weighted by molar-refractivity contribution is 6.17. The Morgan fingerprint density at radius 2 is 1.94 bits per heavy atom. The fraction of sp³-hybridized carbons (Fsp3) is 0.600. The van der Waals surface area contributed by atoms with Crippen LogP contribution in [0.4, 0.5) is 0 Å². The third-order valence-corrected chi connectivity index (χ3v) is 3.83. The predicted octanol–water partition coefficient (Wildman–Crippen LogP) is 3.55. The molecule has 0 unspecified atom stereocenters. The van der Waals surface area contributed by atoms with Crippen LogP contribution in [0.5, 0.6) is 5.75 Å². The van der Waals surface area contributed by atoms with Crippen LogP contribution in [0.1, 0.15) is 25.7 Å². The van der Waals surface area contributed by atoms with E-state index in [1.165, 1.54) is 19.3 Å². The lowest BCUT2D eigenvalue weighted by atomic mass is 9.91. The summed E-state index contributed by atoms with van der Waals surface area (Å²) in [7, 11) is 0. The Bertz CT molecular complexity index is 327. The Morgan fingerprint density at radius 3 is 2.56 bits per heavy atom. The van der Waals surface area contributed by atoms with Crippen molar-refractivity contribution >= 4 is 11.6 Å². The average molecular weight is 268 g/mol. The zero-order valence-electron chi connectivity index (χ0n) is 10.9. The fourth-order valence-corrected chi connectivity index (χ4v) is 2.41. The molecule has 0 heterocycles. The lowest BCUT2D eigenvalue weighted by Gasteiger charge is -2.37. The van der Waals surface area contributed by atoms with Crippen LogP contribution < -0.4 is 4.74 Å². The van der Waals surface area contributed by atoms with Gasteiger partial charge in [0.15, 0.2) is 0 Å². The van der Waals surface area contributed by atoms with Crippen molar-refractivity contribution in [3.05, 3.63) is 30.3 Å². The van der Waals surface area contributed by atoms with Crippen molar-refractivity contribution in [2.45, 2.75) is 31.7 Å². The van der Waals surface area contributed by atoms with E-state index in [2.05, 4.69) is 4.90 Å². The topological polar surface area (TPSA) is 12.5 Å². The largest absolute Gasteiger partial charge is 0.492 e. The molecule has 0 atom stereocenters. The van der Waals surface area contributed by atoms with E-state index in [0.717, 1.165) is 43.8 Å². The Kier molecular flexibility index (Phi) is 5.82. The Balaban J connectivity index is 1.71. The molecule has 0 radical (unpaired) electrons. The van der Waals surface area contributed by atoms with E-state index in [1.54, 1.807) is 0 Å². The lowest BCUT2D eigenvalue weighted by Crippen LogP contribution is -2.43. The minimum atomic E-state index is 0.753. The first-order valence-electron chi connectivity index (χ1n) is 6.88. The van der Waals surface area contributed by atoms with Crippen molar-refractivity contribution in [3.8, 4) is 5.75 Å². The minimum Gasteiger partial charge on any atom is -0.492 e. The van der Waals surface area contributed by atoms with Gasteiger partial charge in [-0.3, -0.25) is 4.90 Å². The first-order valence-corrected chi connectivity index (χ1v) is 7.41. The first-order chi connectivity index (χ1) is 8.90. The summed E-state index contributed by atoms with van der Waals surface area (Å²) in [6.45, 7) is 2.88. The molecule has 0 saturated heterocycles. The Hall–Kier alpha value is -0.730. The number of hydrogen-bond donors (Lipinski definition) is 0. The molecular weight excluding hydrogens is 246 g/mol. The highest BCUT2D eigenvalue weighted by Gasteiger charge is 2.24. The van der Waals surface area contributed by atoms with Gasteiger partial charge in [-0.05, 0) is 37.9 Å². The summed E-state index contributed by atoms with van der Waals surface area (Å²) >= 11 is 5.78. The summed E-state index contributed by atoms with van der Waals surface area (Å²) in [6.07, 6.45) is 5.13. The van der Waals surface area contributed by atoms with E-state index in [1.807, 2.05) is 30.3 Å². The zero-order chi connectivity index (χ0) is 12.6. The Labute approximate surface area is 115 Å². The van der Waals surface area contributed by atoms with Crippen LogP contribution >= 0.6 is 11.6 Å². The first kappa shape index (κ1) is 13.7. The molecule has 1 aliphatic rings. The number of benzene rings is 1. The van der Waals surface area contributed by atoms with Gasteiger partial charge in [-0.2, -0.15) is 0 Å². The molecule has 0 aromatic heterocycles. The molecule has 1 aliphatic carbocycles. The molecule has 1 saturated carbocycles. The highest BCUT2D eigenvalue weighted by atomic mass is 35.5. The van der Waals surface area contributed by atoms with Gasteiger partial charge in [0.1, 0.15) is 12.4 Å². The number of ether oxygens (including phenoxy) is 1. The number of hydrogen-bond acceptors (Lipinski definition) is 2. The van der Waals surface area contributed by atoms with Gasteiger partial charge in [-0.1, -0.05) is 24.6 Å². The second-order valence-corrected chi connectivity index (χ2v) is 5.20. The van der Waals surface area contributed by atoms with Gasteiger partial charge in [0.2, 0.25) is 0 Å². The molecule has 18 heavy (non-hydrogen) atoms. The maximum atomic E-state index is 5.78. The van der Waals surface area contributed by atoms with Crippen molar-refractivity contribution < 1.29 is 4.74 Å². The molecule has 0 bridgehead atoms. The molecule has 2 nitrogen and oxygen atoms in total. The van der Waals surface area contributed by atoms with E-state index in [4.69, 9.17) is 16.3 Å². The van der Waals surface area contributed by atoms with Gasteiger partial charge >= 0.3 is 0 Å². The zero-order valence-corrected chi connectivity index (χ0v) is 11.6. The van der Waals surface area contributed by atoms with Gasteiger partial charge in [-0.25, -0.2) is 0 Å².